The summed E-state index contributed by atoms with van der Waals surface area (Å²) in [5.41, 5.74) is 4.55. The molecule has 4 aromatic rings. The highest BCUT2D eigenvalue weighted by atomic mass is 35.5. The number of H-pyrrole nitrogens is 1. The van der Waals surface area contributed by atoms with E-state index in [1.54, 1.807) is 29.1 Å². The van der Waals surface area contributed by atoms with Gasteiger partial charge in [-0.15, -0.1) is 0 Å². The predicted octanol–water partition coefficient (Wildman–Crippen LogP) is 4.98. The summed E-state index contributed by atoms with van der Waals surface area (Å²) in [6.45, 7) is 9.15. The van der Waals surface area contributed by atoms with Crippen molar-refractivity contribution in [1.29, 1.82) is 0 Å². The standard InChI is InChI=1S/C31H33ClN6O2/c1-4-36-14-11-23(17-36)29-35-27-18-37(30(39)22-7-10-26(32)19(2)15-22)20(3)16-25(27)31(40)38(29)24-8-5-21(6-9-24)28-33-12-13-34-28/h5-10,12-13,15,20,23H,4,11,14,16-18H2,1-3H3,(H,33,34). The first-order valence-corrected chi connectivity index (χ1v) is 14.3. The van der Waals surface area contributed by atoms with E-state index in [1.807, 2.05) is 49.1 Å². The largest absolute Gasteiger partial charge is 0.345 e. The van der Waals surface area contributed by atoms with Crippen molar-refractivity contribution in [3.8, 4) is 17.1 Å². The molecule has 0 aliphatic carbocycles. The Morgan fingerprint density at radius 1 is 1.18 bits per heavy atom. The Labute approximate surface area is 238 Å². The zero-order valence-electron chi connectivity index (χ0n) is 23.0. The van der Waals surface area contributed by atoms with Crippen molar-refractivity contribution in [2.45, 2.75) is 52.1 Å². The molecule has 6 rings (SSSR count). The van der Waals surface area contributed by atoms with E-state index in [-0.39, 0.29) is 23.4 Å². The molecule has 1 saturated heterocycles. The van der Waals surface area contributed by atoms with E-state index in [0.29, 0.717) is 34.8 Å². The monoisotopic (exact) mass is 556 g/mol. The molecule has 4 heterocycles. The number of halogens is 1. The second kappa shape index (κ2) is 10.7. The second-order valence-electron chi connectivity index (χ2n) is 10.8. The maximum absolute atomic E-state index is 14.2. The van der Waals surface area contributed by atoms with Crippen LogP contribution < -0.4 is 5.56 Å². The first-order chi connectivity index (χ1) is 19.3. The van der Waals surface area contributed by atoms with Gasteiger partial charge in [0.2, 0.25) is 0 Å². The molecular weight excluding hydrogens is 524 g/mol. The average Bonchev–Trinajstić information content (AvgIpc) is 3.67. The fourth-order valence-corrected chi connectivity index (χ4v) is 6.06. The molecule has 206 valence electrons. The smallest absolute Gasteiger partial charge is 0.261 e. The number of likely N-dealkylation sites (N-methyl/N-ethyl adjacent to an activating group) is 1. The van der Waals surface area contributed by atoms with Gasteiger partial charge in [0.25, 0.3) is 11.5 Å². The summed E-state index contributed by atoms with van der Waals surface area (Å²) < 4.78 is 1.81. The van der Waals surface area contributed by atoms with Gasteiger partial charge >= 0.3 is 0 Å². The van der Waals surface area contributed by atoms with Gasteiger partial charge in [-0.25, -0.2) is 9.97 Å². The molecule has 1 amide bonds. The molecule has 40 heavy (non-hydrogen) atoms. The Kier molecular flexibility index (Phi) is 7.06. The molecule has 2 aliphatic rings. The van der Waals surface area contributed by atoms with Crippen LogP contribution in [0.4, 0.5) is 0 Å². The lowest BCUT2D eigenvalue weighted by Gasteiger charge is -2.35. The number of hydrogen-bond acceptors (Lipinski definition) is 5. The minimum absolute atomic E-state index is 0.0398. The van der Waals surface area contributed by atoms with E-state index in [2.05, 4.69) is 21.8 Å². The maximum atomic E-state index is 14.2. The zero-order valence-corrected chi connectivity index (χ0v) is 23.8. The summed E-state index contributed by atoms with van der Waals surface area (Å²) in [6, 6.07) is 13.1. The van der Waals surface area contributed by atoms with Gasteiger partial charge in [-0.05, 0) is 87.8 Å². The number of nitrogens with zero attached hydrogens (tertiary/aromatic N) is 5. The van der Waals surface area contributed by atoms with Crippen LogP contribution in [-0.2, 0) is 13.0 Å². The van der Waals surface area contributed by atoms with Gasteiger partial charge in [-0.1, -0.05) is 18.5 Å². The number of rotatable bonds is 5. The lowest BCUT2D eigenvalue weighted by molar-refractivity contribution is 0.0652. The number of hydrogen-bond donors (Lipinski definition) is 1. The van der Waals surface area contributed by atoms with Crippen LogP contribution in [-0.4, -0.2) is 60.9 Å². The van der Waals surface area contributed by atoms with Crippen molar-refractivity contribution >= 4 is 17.5 Å². The number of nitrogens with one attached hydrogen (secondary N) is 1. The molecule has 0 spiro atoms. The highest BCUT2D eigenvalue weighted by Gasteiger charge is 2.34. The minimum Gasteiger partial charge on any atom is -0.345 e. The molecule has 9 heteroatoms. The van der Waals surface area contributed by atoms with E-state index in [1.165, 1.54) is 0 Å². The zero-order chi connectivity index (χ0) is 28.0. The molecule has 1 N–H and O–H groups in total. The number of fused-ring (bicyclic) bond motifs is 1. The molecule has 2 aliphatic heterocycles. The lowest BCUT2D eigenvalue weighted by atomic mass is 9.97. The third-order valence-corrected chi connectivity index (χ3v) is 8.71. The van der Waals surface area contributed by atoms with E-state index in [9.17, 15) is 9.59 Å². The van der Waals surface area contributed by atoms with Crippen LogP contribution in [0.5, 0.6) is 0 Å². The lowest BCUT2D eigenvalue weighted by Crippen LogP contribution is -2.46. The number of amides is 1. The highest BCUT2D eigenvalue weighted by molar-refractivity contribution is 6.31. The fourth-order valence-electron chi connectivity index (χ4n) is 5.94. The van der Waals surface area contributed by atoms with Gasteiger partial charge < -0.3 is 14.8 Å². The Hall–Kier alpha value is -3.75. The SMILES string of the molecule is CCN1CCC(c2nc3c(c(=O)n2-c2ccc(-c4ncc[nH]4)cc2)CC(C)N(C(=O)c2ccc(Cl)c(C)c2)C3)C1. The van der Waals surface area contributed by atoms with Gasteiger partial charge in [-0.2, -0.15) is 0 Å². The molecule has 0 saturated carbocycles. The van der Waals surface area contributed by atoms with Crippen molar-refractivity contribution in [1.82, 2.24) is 29.3 Å². The summed E-state index contributed by atoms with van der Waals surface area (Å²) in [5, 5.41) is 0.635. The second-order valence-corrected chi connectivity index (χ2v) is 11.3. The first-order valence-electron chi connectivity index (χ1n) is 13.9. The number of imidazole rings is 1. The quantitative estimate of drug-likeness (QED) is 0.374. The summed E-state index contributed by atoms with van der Waals surface area (Å²) in [6.07, 6.45) is 4.91. The third-order valence-electron chi connectivity index (χ3n) is 8.29. The summed E-state index contributed by atoms with van der Waals surface area (Å²) in [7, 11) is 0. The van der Waals surface area contributed by atoms with Crippen LogP contribution in [0.2, 0.25) is 5.02 Å². The van der Waals surface area contributed by atoms with Crippen molar-refractivity contribution in [2.24, 2.45) is 0 Å². The Bertz CT molecular complexity index is 1610. The van der Waals surface area contributed by atoms with E-state index in [4.69, 9.17) is 16.6 Å². The molecular formula is C31H33ClN6O2. The van der Waals surface area contributed by atoms with Gasteiger partial charge in [0.1, 0.15) is 11.6 Å². The first kappa shape index (κ1) is 26.5. The number of aryl methyl sites for hydroxylation is 1. The van der Waals surface area contributed by atoms with Crippen LogP contribution >= 0.6 is 11.6 Å². The Morgan fingerprint density at radius 2 is 1.98 bits per heavy atom. The number of aromatic nitrogens is 4. The summed E-state index contributed by atoms with van der Waals surface area (Å²) in [4.78, 5) is 44.6. The van der Waals surface area contributed by atoms with Gasteiger partial charge in [0, 0.05) is 52.6 Å². The molecule has 8 nitrogen and oxygen atoms in total. The van der Waals surface area contributed by atoms with Gasteiger partial charge in [-0.3, -0.25) is 14.2 Å². The Balaban J connectivity index is 1.41. The van der Waals surface area contributed by atoms with Crippen LogP contribution in [0.3, 0.4) is 0 Å². The number of aromatic amines is 1. The molecule has 0 radical (unpaired) electrons. The van der Waals surface area contributed by atoms with Gasteiger partial charge in [0.15, 0.2) is 0 Å². The normalized spacial score (nSPS) is 19.1. The van der Waals surface area contributed by atoms with E-state index in [0.717, 1.165) is 54.5 Å². The minimum atomic E-state index is -0.145. The van der Waals surface area contributed by atoms with Crippen molar-refractivity contribution in [3.63, 3.8) is 0 Å². The summed E-state index contributed by atoms with van der Waals surface area (Å²) >= 11 is 6.20. The topological polar surface area (TPSA) is 87.1 Å². The number of benzene rings is 2. The maximum Gasteiger partial charge on any atom is 0.261 e. The van der Waals surface area contributed by atoms with Crippen LogP contribution in [0.1, 0.15) is 59.2 Å². The van der Waals surface area contributed by atoms with Crippen molar-refractivity contribution < 1.29 is 4.79 Å². The van der Waals surface area contributed by atoms with E-state index >= 15 is 0 Å². The molecule has 2 unspecified atom stereocenters. The molecule has 1 fully saturated rings. The number of likely N-dealkylation sites (tertiary alicyclic amines) is 1. The fraction of sp³-hybridized carbons (Fsp3) is 0.355. The van der Waals surface area contributed by atoms with Crippen LogP contribution in [0.25, 0.3) is 17.1 Å². The number of carbonyl (C=O) groups is 1. The molecule has 2 aromatic heterocycles. The third kappa shape index (κ3) is 4.75. The predicted molar refractivity (Wildman–Crippen MR) is 156 cm³/mol. The highest BCUT2D eigenvalue weighted by Crippen LogP contribution is 2.30. The van der Waals surface area contributed by atoms with Crippen molar-refractivity contribution in [3.05, 3.63) is 98.4 Å². The van der Waals surface area contributed by atoms with Crippen LogP contribution in [0.15, 0.2) is 59.7 Å². The molecule has 2 aromatic carbocycles. The average molecular weight is 557 g/mol. The van der Waals surface area contributed by atoms with E-state index < -0.39 is 0 Å². The Morgan fingerprint density at radius 3 is 2.65 bits per heavy atom. The molecule has 0 bridgehead atoms. The van der Waals surface area contributed by atoms with Gasteiger partial charge in [0.05, 0.1) is 17.9 Å². The van der Waals surface area contributed by atoms with Crippen LogP contribution in [0, 0.1) is 6.92 Å². The summed E-state index contributed by atoms with van der Waals surface area (Å²) in [5.74, 6) is 1.61. The number of carbonyl (C=O) groups excluding carboxylic acids is 1. The molecule has 2 atom stereocenters. The van der Waals surface area contributed by atoms with Crippen molar-refractivity contribution in [2.75, 3.05) is 19.6 Å².